The Labute approximate surface area is 133 Å². The molecule has 1 N–H and O–H groups in total. The summed E-state index contributed by atoms with van der Waals surface area (Å²) in [4.78, 5) is 14.4. The van der Waals surface area contributed by atoms with Gasteiger partial charge in [0.2, 0.25) is 5.91 Å². The fraction of sp³-hybridized carbons (Fsp3) is 0.278. The van der Waals surface area contributed by atoms with Gasteiger partial charge in [-0.3, -0.25) is 9.69 Å². The van der Waals surface area contributed by atoms with Crippen molar-refractivity contribution in [1.29, 1.82) is 0 Å². The normalized spacial score (nSPS) is 15.8. The van der Waals surface area contributed by atoms with Crippen LogP contribution in [0.25, 0.3) is 0 Å². The van der Waals surface area contributed by atoms with Crippen LogP contribution in [0.2, 0.25) is 0 Å². The van der Waals surface area contributed by atoms with E-state index in [4.69, 9.17) is 0 Å². The fourth-order valence-electron chi connectivity index (χ4n) is 2.84. The second-order valence-corrected chi connectivity index (χ2v) is 5.78. The molecule has 1 atom stereocenters. The van der Waals surface area contributed by atoms with Crippen LogP contribution in [0.1, 0.15) is 18.1 Å². The summed E-state index contributed by atoms with van der Waals surface area (Å²) in [5.74, 6) is -1.56. The quantitative estimate of drug-likeness (QED) is 0.942. The minimum Gasteiger partial charge on any atom is -0.322 e. The Morgan fingerprint density at radius 1 is 1.17 bits per heavy atom. The van der Waals surface area contributed by atoms with Crippen LogP contribution in [0.3, 0.4) is 0 Å². The highest BCUT2D eigenvalue weighted by molar-refractivity contribution is 5.94. The molecule has 1 amide bonds. The number of fused-ring (bicyclic) bond motifs is 1. The standard InChI is InChI=1S/C18H18F2N2O/c1-12(18(23)21-17-10-15(19)6-7-16(17)20)22-9-8-13-4-2-3-5-14(13)11-22/h2-7,10,12H,8-9,11H2,1H3,(H,21,23)/t12-/m1/s1. The van der Waals surface area contributed by atoms with Gasteiger partial charge in [0.15, 0.2) is 0 Å². The zero-order valence-electron chi connectivity index (χ0n) is 12.9. The number of halogens is 2. The highest BCUT2D eigenvalue weighted by atomic mass is 19.1. The van der Waals surface area contributed by atoms with E-state index in [2.05, 4.69) is 17.4 Å². The predicted molar refractivity (Wildman–Crippen MR) is 85.0 cm³/mol. The van der Waals surface area contributed by atoms with Crippen molar-refractivity contribution in [2.75, 3.05) is 11.9 Å². The van der Waals surface area contributed by atoms with Gasteiger partial charge in [-0.1, -0.05) is 24.3 Å². The summed E-state index contributed by atoms with van der Waals surface area (Å²) in [6.07, 6.45) is 0.877. The summed E-state index contributed by atoms with van der Waals surface area (Å²) in [5.41, 5.74) is 2.38. The summed E-state index contributed by atoms with van der Waals surface area (Å²) >= 11 is 0. The van der Waals surface area contributed by atoms with Crippen molar-refractivity contribution >= 4 is 11.6 Å². The van der Waals surface area contributed by atoms with Crippen LogP contribution in [-0.2, 0) is 17.8 Å². The van der Waals surface area contributed by atoms with E-state index in [0.29, 0.717) is 6.54 Å². The summed E-state index contributed by atoms with van der Waals surface area (Å²) in [6.45, 7) is 3.22. The number of anilines is 1. The molecule has 0 aliphatic carbocycles. The van der Waals surface area contributed by atoms with Crippen molar-refractivity contribution in [2.24, 2.45) is 0 Å². The van der Waals surface area contributed by atoms with Gasteiger partial charge in [-0.05, 0) is 36.6 Å². The molecule has 0 fully saturated rings. The van der Waals surface area contributed by atoms with Crippen LogP contribution >= 0.6 is 0 Å². The Hall–Kier alpha value is -2.27. The first-order valence-electron chi connectivity index (χ1n) is 7.61. The molecular formula is C18H18F2N2O. The minimum atomic E-state index is -0.643. The molecule has 2 aromatic rings. The average molecular weight is 316 g/mol. The Balaban J connectivity index is 1.70. The third-order valence-corrected chi connectivity index (χ3v) is 4.27. The molecule has 120 valence electrons. The largest absolute Gasteiger partial charge is 0.322 e. The SMILES string of the molecule is C[C@H](C(=O)Nc1cc(F)ccc1F)N1CCc2ccccc2C1. The van der Waals surface area contributed by atoms with Crippen molar-refractivity contribution < 1.29 is 13.6 Å². The molecule has 1 heterocycles. The smallest absolute Gasteiger partial charge is 0.241 e. The fourth-order valence-corrected chi connectivity index (χ4v) is 2.84. The van der Waals surface area contributed by atoms with E-state index in [1.165, 1.54) is 11.1 Å². The van der Waals surface area contributed by atoms with Crippen LogP contribution in [0.15, 0.2) is 42.5 Å². The molecule has 0 spiro atoms. The molecule has 23 heavy (non-hydrogen) atoms. The van der Waals surface area contributed by atoms with E-state index in [-0.39, 0.29) is 11.6 Å². The van der Waals surface area contributed by atoms with Gasteiger partial charge in [0.25, 0.3) is 0 Å². The number of benzene rings is 2. The number of amides is 1. The van der Waals surface area contributed by atoms with Crippen LogP contribution in [0.5, 0.6) is 0 Å². The van der Waals surface area contributed by atoms with Crippen molar-refractivity contribution in [1.82, 2.24) is 4.90 Å². The Morgan fingerprint density at radius 3 is 2.70 bits per heavy atom. The maximum atomic E-state index is 13.6. The van der Waals surface area contributed by atoms with Gasteiger partial charge in [0.05, 0.1) is 11.7 Å². The molecule has 0 saturated heterocycles. The van der Waals surface area contributed by atoms with Crippen molar-refractivity contribution in [3.05, 3.63) is 65.2 Å². The van der Waals surface area contributed by atoms with Crippen molar-refractivity contribution in [2.45, 2.75) is 25.9 Å². The van der Waals surface area contributed by atoms with Gasteiger partial charge in [0, 0.05) is 19.2 Å². The first-order valence-corrected chi connectivity index (χ1v) is 7.61. The first kappa shape index (κ1) is 15.6. The van der Waals surface area contributed by atoms with E-state index < -0.39 is 17.7 Å². The zero-order chi connectivity index (χ0) is 16.4. The lowest BCUT2D eigenvalue weighted by molar-refractivity contribution is -0.121. The van der Waals surface area contributed by atoms with Crippen LogP contribution in [0.4, 0.5) is 14.5 Å². The maximum Gasteiger partial charge on any atom is 0.241 e. The van der Waals surface area contributed by atoms with Gasteiger partial charge >= 0.3 is 0 Å². The lowest BCUT2D eigenvalue weighted by Gasteiger charge is -2.32. The molecule has 1 aliphatic rings. The molecule has 0 saturated carbocycles. The molecule has 1 aliphatic heterocycles. The van der Waals surface area contributed by atoms with Crippen molar-refractivity contribution in [3.63, 3.8) is 0 Å². The van der Waals surface area contributed by atoms with Gasteiger partial charge in [-0.2, -0.15) is 0 Å². The van der Waals surface area contributed by atoms with E-state index in [1.54, 1.807) is 6.92 Å². The van der Waals surface area contributed by atoms with E-state index in [0.717, 1.165) is 31.2 Å². The van der Waals surface area contributed by atoms with Crippen LogP contribution in [-0.4, -0.2) is 23.4 Å². The Bertz CT molecular complexity index is 733. The number of carbonyl (C=O) groups is 1. The number of hydrogen-bond donors (Lipinski definition) is 1. The number of nitrogens with one attached hydrogen (secondary N) is 1. The Kier molecular flexibility index (Phi) is 4.39. The molecule has 5 heteroatoms. The Morgan fingerprint density at radius 2 is 1.91 bits per heavy atom. The lowest BCUT2D eigenvalue weighted by Crippen LogP contribution is -2.44. The minimum absolute atomic E-state index is 0.126. The van der Waals surface area contributed by atoms with E-state index in [1.807, 2.05) is 17.0 Å². The topological polar surface area (TPSA) is 32.3 Å². The second-order valence-electron chi connectivity index (χ2n) is 5.78. The van der Waals surface area contributed by atoms with Gasteiger partial charge in [0.1, 0.15) is 11.6 Å². The number of hydrogen-bond acceptors (Lipinski definition) is 2. The van der Waals surface area contributed by atoms with Crippen LogP contribution < -0.4 is 5.32 Å². The zero-order valence-corrected chi connectivity index (χ0v) is 12.9. The van der Waals surface area contributed by atoms with Gasteiger partial charge in [-0.15, -0.1) is 0 Å². The number of rotatable bonds is 3. The average Bonchev–Trinajstić information content (AvgIpc) is 2.57. The monoisotopic (exact) mass is 316 g/mol. The second kappa shape index (κ2) is 6.46. The van der Waals surface area contributed by atoms with Crippen molar-refractivity contribution in [3.8, 4) is 0 Å². The predicted octanol–water partition coefficient (Wildman–Crippen LogP) is 3.35. The molecule has 3 rings (SSSR count). The molecule has 0 radical (unpaired) electrons. The van der Waals surface area contributed by atoms with Gasteiger partial charge < -0.3 is 5.32 Å². The molecule has 3 nitrogen and oxygen atoms in total. The third kappa shape index (κ3) is 3.40. The summed E-state index contributed by atoms with van der Waals surface area (Å²) in [5, 5.41) is 2.48. The molecule has 0 unspecified atom stereocenters. The maximum absolute atomic E-state index is 13.6. The molecule has 0 bridgehead atoms. The number of nitrogens with zero attached hydrogens (tertiary/aromatic N) is 1. The summed E-state index contributed by atoms with van der Waals surface area (Å²) in [6, 6.07) is 10.7. The molecule has 0 aromatic heterocycles. The first-order chi connectivity index (χ1) is 11.0. The molecular weight excluding hydrogens is 298 g/mol. The van der Waals surface area contributed by atoms with Gasteiger partial charge in [-0.25, -0.2) is 8.78 Å². The third-order valence-electron chi connectivity index (χ3n) is 4.27. The highest BCUT2D eigenvalue weighted by Crippen LogP contribution is 2.21. The summed E-state index contributed by atoms with van der Waals surface area (Å²) < 4.78 is 26.8. The summed E-state index contributed by atoms with van der Waals surface area (Å²) in [7, 11) is 0. The van der Waals surface area contributed by atoms with Crippen LogP contribution in [0, 0.1) is 11.6 Å². The van der Waals surface area contributed by atoms with E-state index in [9.17, 15) is 13.6 Å². The highest BCUT2D eigenvalue weighted by Gasteiger charge is 2.25. The molecule has 2 aromatic carbocycles. The number of carbonyl (C=O) groups excluding carboxylic acids is 1. The lowest BCUT2D eigenvalue weighted by atomic mass is 9.99. The van der Waals surface area contributed by atoms with E-state index >= 15 is 0 Å².